The van der Waals surface area contributed by atoms with Crippen LogP contribution in [0.15, 0.2) is 18.3 Å². The molecule has 1 aromatic heterocycles. The first-order valence-corrected chi connectivity index (χ1v) is 2.34. The molecule has 0 amide bonds. The van der Waals surface area contributed by atoms with Gasteiger partial charge in [-0.25, -0.2) is 0 Å². The lowest BCUT2D eigenvalue weighted by Gasteiger charge is -1.89. The van der Waals surface area contributed by atoms with E-state index in [0.29, 0.717) is 10.3 Å². The third-order valence-electron chi connectivity index (χ3n) is 0.850. The fraction of sp³-hybridized carbons (Fsp3) is 0. The van der Waals surface area contributed by atoms with Gasteiger partial charge in [-0.05, 0) is 6.07 Å². The second kappa shape index (κ2) is 2.14. The molecule has 0 N–H and O–H groups in total. The Kier molecular flexibility index (Phi) is 1.32. The molecule has 1 radical (unpaired) electrons. The molecule has 0 spiro atoms. The van der Waals surface area contributed by atoms with Crippen molar-refractivity contribution in [2.75, 3.05) is 0 Å². The summed E-state index contributed by atoms with van der Waals surface area (Å²) in [4.78, 5) is 0. The Balaban J connectivity index is 3.12. The van der Waals surface area contributed by atoms with Gasteiger partial charge in [-0.1, -0.05) is 0 Å². The van der Waals surface area contributed by atoms with Crippen LogP contribution in [0.4, 0.5) is 0 Å². The van der Waals surface area contributed by atoms with Crippen LogP contribution in [0.3, 0.4) is 0 Å². The highest BCUT2D eigenvalue weighted by Crippen LogP contribution is 1.87. The van der Waals surface area contributed by atoms with E-state index in [0.717, 1.165) is 0 Å². The quantitative estimate of drug-likeness (QED) is 0.356. The van der Waals surface area contributed by atoms with Crippen LogP contribution in [0.2, 0.25) is 0 Å². The minimum absolute atomic E-state index is 0.351. The number of aromatic nitrogens is 1. The Labute approximate surface area is 52.4 Å². The molecule has 0 bridgehead atoms. The van der Waals surface area contributed by atoms with Crippen molar-refractivity contribution in [3.05, 3.63) is 35.3 Å². The van der Waals surface area contributed by atoms with Crippen LogP contribution in [-0.2, 0) is 0 Å². The highest BCUT2D eigenvalue weighted by molar-refractivity contribution is 5.21. The zero-order valence-corrected chi connectivity index (χ0v) is 4.53. The van der Waals surface area contributed by atoms with Crippen LogP contribution >= 0.6 is 0 Å². The Morgan fingerprint density at radius 3 is 3.00 bits per heavy atom. The van der Waals surface area contributed by atoms with Gasteiger partial charge in [0.2, 0.25) is 0 Å². The number of rotatable bonds is 0. The minimum Gasteiger partial charge on any atom is -0.618 e. The summed E-state index contributed by atoms with van der Waals surface area (Å²) in [5.74, 6) is 0. The van der Waals surface area contributed by atoms with E-state index >= 15 is 0 Å². The second-order valence-electron chi connectivity index (χ2n) is 1.48. The van der Waals surface area contributed by atoms with Gasteiger partial charge < -0.3 is 5.21 Å². The maximum absolute atomic E-state index is 10.4. The Morgan fingerprint density at radius 1 is 1.78 bits per heavy atom. The van der Waals surface area contributed by atoms with Crippen LogP contribution in [0, 0.1) is 22.7 Å². The van der Waals surface area contributed by atoms with Gasteiger partial charge in [0, 0.05) is 6.07 Å². The lowest BCUT2D eigenvalue weighted by molar-refractivity contribution is -0.610. The third kappa shape index (κ3) is 1.16. The number of hydrogen-bond acceptors (Lipinski definition) is 2. The predicted molar refractivity (Wildman–Crippen MR) is 29.0 cm³/mol. The molecule has 3 heteroatoms. The summed E-state index contributed by atoms with van der Waals surface area (Å²) in [7, 11) is 0. The standard InChI is InChI=1S/C6H3N2O/c7-4-6-2-1-3-8(9)5-6/h1-2,5H. The summed E-state index contributed by atoms with van der Waals surface area (Å²) in [6.07, 6.45) is 3.48. The molecule has 0 aliphatic heterocycles. The molecule has 9 heavy (non-hydrogen) atoms. The van der Waals surface area contributed by atoms with Crippen LogP contribution in [0.1, 0.15) is 5.56 Å². The van der Waals surface area contributed by atoms with E-state index in [1.165, 1.54) is 18.3 Å². The Morgan fingerprint density at radius 2 is 2.56 bits per heavy atom. The molecule has 0 fully saturated rings. The highest BCUT2D eigenvalue weighted by Gasteiger charge is 1.92. The molecule has 43 valence electrons. The smallest absolute Gasteiger partial charge is 0.289 e. The van der Waals surface area contributed by atoms with Gasteiger partial charge >= 0.3 is 0 Å². The summed E-state index contributed by atoms with van der Waals surface area (Å²) in [6, 6.07) is 4.76. The van der Waals surface area contributed by atoms with Crippen LogP contribution in [0.5, 0.6) is 0 Å². The Hall–Kier alpha value is -1.56. The van der Waals surface area contributed by atoms with Crippen molar-refractivity contribution in [2.45, 2.75) is 0 Å². The molecule has 0 saturated heterocycles. The molecule has 0 aliphatic carbocycles. The van der Waals surface area contributed by atoms with Crippen molar-refractivity contribution in [1.82, 2.24) is 0 Å². The third-order valence-corrected chi connectivity index (χ3v) is 0.850. The SMILES string of the molecule is N#Cc1cc[c][n+]([O-])c1. The molecule has 0 unspecified atom stereocenters. The molecule has 0 atom stereocenters. The first kappa shape index (κ1) is 5.57. The molecule has 0 saturated carbocycles. The van der Waals surface area contributed by atoms with E-state index < -0.39 is 0 Å². The van der Waals surface area contributed by atoms with Gasteiger partial charge in [0.05, 0.1) is 0 Å². The topological polar surface area (TPSA) is 50.7 Å². The van der Waals surface area contributed by atoms with Gasteiger partial charge in [0.15, 0.2) is 6.20 Å². The zero-order chi connectivity index (χ0) is 6.69. The maximum atomic E-state index is 10.4. The number of nitrogens with zero attached hydrogens (tertiary/aromatic N) is 2. The van der Waals surface area contributed by atoms with Gasteiger partial charge in [-0.15, -0.1) is 0 Å². The summed E-state index contributed by atoms with van der Waals surface area (Å²) in [5.41, 5.74) is 0.351. The summed E-state index contributed by atoms with van der Waals surface area (Å²) in [6.45, 7) is 0. The number of pyridine rings is 1. The van der Waals surface area contributed by atoms with E-state index in [-0.39, 0.29) is 0 Å². The average Bonchev–Trinajstić information content (AvgIpc) is 1.88. The first-order valence-electron chi connectivity index (χ1n) is 2.34. The van der Waals surface area contributed by atoms with E-state index in [9.17, 15) is 5.21 Å². The van der Waals surface area contributed by atoms with E-state index in [1.807, 2.05) is 6.07 Å². The highest BCUT2D eigenvalue weighted by atomic mass is 16.5. The van der Waals surface area contributed by atoms with Gasteiger partial charge in [0.1, 0.15) is 11.6 Å². The lowest BCUT2D eigenvalue weighted by Crippen LogP contribution is -2.24. The average molecular weight is 119 g/mol. The van der Waals surface area contributed by atoms with E-state index in [2.05, 4.69) is 6.20 Å². The molecule has 1 rings (SSSR count). The maximum Gasteiger partial charge on any atom is 0.289 e. The van der Waals surface area contributed by atoms with Crippen molar-refractivity contribution >= 4 is 0 Å². The monoisotopic (exact) mass is 119 g/mol. The van der Waals surface area contributed by atoms with Crippen molar-refractivity contribution in [3.8, 4) is 6.07 Å². The fourth-order valence-corrected chi connectivity index (χ4v) is 0.473. The van der Waals surface area contributed by atoms with Crippen molar-refractivity contribution in [2.24, 2.45) is 0 Å². The van der Waals surface area contributed by atoms with E-state index in [4.69, 9.17) is 5.26 Å². The molecule has 3 nitrogen and oxygen atoms in total. The molecule has 0 aliphatic rings. The summed E-state index contributed by atoms with van der Waals surface area (Å²) in [5, 5.41) is 18.6. The lowest BCUT2D eigenvalue weighted by atomic mass is 10.3. The molecule has 1 aromatic rings. The van der Waals surface area contributed by atoms with Gasteiger partial charge in [0.25, 0.3) is 6.20 Å². The van der Waals surface area contributed by atoms with Crippen molar-refractivity contribution in [1.29, 1.82) is 5.26 Å². The first-order chi connectivity index (χ1) is 4.33. The van der Waals surface area contributed by atoms with Crippen LogP contribution in [0.25, 0.3) is 0 Å². The normalized spacial score (nSPS) is 8.33. The predicted octanol–water partition coefficient (Wildman–Crippen LogP) is -0.00813. The largest absolute Gasteiger partial charge is 0.618 e. The number of hydrogen-bond donors (Lipinski definition) is 0. The summed E-state index contributed by atoms with van der Waals surface area (Å²) >= 11 is 0. The fourth-order valence-electron chi connectivity index (χ4n) is 0.473. The van der Waals surface area contributed by atoms with Crippen molar-refractivity contribution in [3.63, 3.8) is 0 Å². The zero-order valence-electron chi connectivity index (χ0n) is 4.53. The van der Waals surface area contributed by atoms with Crippen LogP contribution in [-0.4, -0.2) is 0 Å². The van der Waals surface area contributed by atoms with E-state index in [1.54, 1.807) is 0 Å². The number of nitriles is 1. The molecular weight excluding hydrogens is 116 g/mol. The summed E-state index contributed by atoms with van der Waals surface area (Å²) < 4.78 is 0.471. The molecular formula is C6H3N2O. The van der Waals surface area contributed by atoms with Crippen molar-refractivity contribution < 1.29 is 4.73 Å². The molecule has 0 aromatic carbocycles. The second-order valence-corrected chi connectivity index (χ2v) is 1.48. The van der Waals surface area contributed by atoms with Crippen LogP contribution < -0.4 is 4.73 Å². The minimum atomic E-state index is 0.351. The van der Waals surface area contributed by atoms with Gasteiger partial charge in [-0.2, -0.15) is 9.99 Å². The Bertz CT molecular complexity index is 251. The van der Waals surface area contributed by atoms with Gasteiger partial charge in [-0.3, -0.25) is 0 Å². The molecule has 1 heterocycles.